The predicted molar refractivity (Wildman–Crippen MR) is 111 cm³/mol. The van der Waals surface area contributed by atoms with E-state index < -0.39 is 0 Å². The first kappa shape index (κ1) is 16.4. The molecule has 1 heterocycles. The molecule has 0 spiro atoms. The summed E-state index contributed by atoms with van der Waals surface area (Å²) in [5.74, 6) is -0.293. The van der Waals surface area contributed by atoms with Gasteiger partial charge in [0.2, 0.25) is 5.78 Å². The molecule has 0 bridgehead atoms. The zero-order valence-corrected chi connectivity index (χ0v) is 15.2. The van der Waals surface area contributed by atoms with Crippen LogP contribution in [-0.4, -0.2) is 16.6 Å². The molecule has 3 aromatic carbocycles. The normalized spacial score (nSPS) is 13.9. The van der Waals surface area contributed by atoms with E-state index >= 15 is 0 Å². The summed E-state index contributed by atoms with van der Waals surface area (Å²) in [6, 6.07) is 22.5. The molecule has 134 valence electrons. The Morgan fingerprint density at radius 1 is 0.679 bits per heavy atom. The van der Waals surface area contributed by atoms with Gasteiger partial charge in [0.05, 0.1) is 22.4 Å². The number of hydrogen-bond acceptors (Lipinski definition) is 4. The third kappa shape index (κ3) is 2.35. The fraction of sp³-hybridized carbons (Fsp3) is 0.0417. The van der Waals surface area contributed by atoms with Gasteiger partial charge in [0.1, 0.15) is 0 Å². The molecule has 1 aliphatic rings. The van der Waals surface area contributed by atoms with Crippen LogP contribution in [0.5, 0.6) is 0 Å². The lowest BCUT2D eigenvalue weighted by Crippen LogP contribution is -2.25. The fourth-order valence-corrected chi connectivity index (χ4v) is 3.75. The summed E-state index contributed by atoms with van der Waals surface area (Å²) in [7, 11) is 0. The highest BCUT2D eigenvalue weighted by Gasteiger charge is 2.30. The standard InChI is InChI=1S/C24H16N2O2/c1-14-21(24(28)16-9-3-2-8-15(16)23(14)27)26-22-17-10-4-6-12-19(17)25-20-13-7-5-11-18(20)22/h2-13H,1H3,(H,25,26). The Labute approximate surface area is 161 Å². The second-order valence-electron chi connectivity index (χ2n) is 6.85. The molecule has 0 atom stereocenters. The first-order valence-electron chi connectivity index (χ1n) is 9.09. The van der Waals surface area contributed by atoms with Gasteiger partial charge in [-0.3, -0.25) is 9.59 Å². The molecule has 1 aromatic heterocycles. The molecule has 0 unspecified atom stereocenters. The molecule has 4 nitrogen and oxygen atoms in total. The number of carbonyl (C=O) groups is 2. The fourth-order valence-electron chi connectivity index (χ4n) is 3.75. The maximum Gasteiger partial charge on any atom is 0.210 e. The molecule has 0 saturated carbocycles. The van der Waals surface area contributed by atoms with Crippen molar-refractivity contribution in [3.8, 4) is 0 Å². The van der Waals surface area contributed by atoms with E-state index in [2.05, 4.69) is 5.32 Å². The van der Waals surface area contributed by atoms with Crippen molar-refractivity contribution >= 4 is 39.1 Å². The number of aromatic nitrogens is 1. The average Bonchev–Trinajstić information content (AvgIpc) is 2.74. The van der Waals surface area contributed by atoms with Gasteiger partial charge >= 0.3 is 0 Å². The first-order valence-corrected chi connectivity index (χ1v) is 9.09. The summed E-state index contributed by atoms with van der Waals surface area (Å²) in [6.07, 6.45) is 0. The van der Waals surface area contributed by atoms with E-state index in [4.69, 9.17) is 4.98 Å². The number of hydrogen-bond donors (Lipinski definition) is 1. The smallest absolute Gasteiger partial charge is 0.210 e. The van der Waals surface area contributed by atoms with E-state index in [1.165, 1.54) is 0 Å². The zero-order chi connectivity index (χ0) is 19.3. The number of rotatable bonds is 2. The molecular formula is C24H16N2O2. The minimum absolute atomic E-state index is 0.125. The van der Waals surface area contributed by atoms with Crippen LogP contribution >= 0.6 is 0 Å². The summed E-state index contributed by atoms with van der Waals surface area (Å²) in [5.41, 5.74) is 4.09. The number of anilines is 1. The Morgan fingerprint density at radius 2 is 1.18 bits per heavy atom. The largest absolute Gasteiger partial charge is 0.351 e. The molecule has 0 radical (unpaired) electrons. The monoisotopic (exact) mass is 364 g/mol. The lowest BCUT2D eigenvalue weighted by Gasteiger charge is -2.21. The molecule has 1 N–H and O–H groups in total. The Hall–Kier alpha value is -3.79. The summed E-state index contributed by atoms with van der Waals surface area (Å²) < 4.78 is 0. The van der Waals surface area contributed by atoms with Crippen LogP contribution in [0.4, 0.5) is 5.69 Å². The van der Waals surface area contributed by atoms with E-state index in [1.54, 1.807) is 31.2 Å². The number of nitrogens with one attached hydrogen (secondary N) is 1. The molecule has 0 fully saturated rings. The quantitative estimate of drug-likeness (QED) is 0.500. The summed E-state index contributed by atoms with van der Waals surface area (Å²) in [4.78, 5) is 30.7. The van der Waals surface area contributed by atoms with Crippen LogP contribution in [0.3, 0.4) is 0 Å². The van der Waals surface area contributed by atoms with E-state index in [0.29, 0.717) is 22.4 Å². The van der Waals surface area contributed by atoms with Crippen LogP contribution in [0.1, 0.15) is 27.6 Å². The summed E-state index contributed by atoms with van der Waals surface area (Å²) >= 11 is 0. The van der Waals surface area contributed by atoms with Crippen LogP contribution in [0, 0.1) is 0 Å². The van der Waals surface area contributed by atoms with Crippen LogP contribution in [0.2, 0.25) is 0 Å². The second kappa shape index (κ2) is 6.13. The van der Waals surface area contributed by atoms with Gasteiger partial charge in [-0.05, 0) is 19.1 Å². The summed E-state index contributed by atoms with van der Waals surface area (Å²) in [5, 5.41) is 5.11. The van der Waals surface area contributed by atoms with Crippen molar-refractivity contribution in [2.75, 3.05) is 5.32 Å². The van der Waals surface area contributed by atoms with Gasteiger partial charge < -0.3 is 5.32 Å². The molecule has 0 saturated heterocycles. The van der Waals surface area contributed by atoms with Crippen LogP contribution < -0.4 is 5.32 Å². The van der Waals surface area contributed by atoms with Crippen molar-refractivity contribution in [1.29, 1.82) is 0 Å². The van der Waals surface area contributed by atoms with Gasteiger partial charge in [0, 0.05) is 27.5 Å². The number of benzene rings is 3. The van der Waals surface area contributed by atoms with Crippen LogP contribution in [0.15, 0.2) is 84.1 Å². The number of Topliss-reactive ketones (excluding diaryl/α,β-unsaturated/α-hetero) is 2. The van der Waals surface area contributed by atoms with E-state index in [9.17, 15) is 9.59 Å². The number of nitrogens with zero attached hydrogens (tertiary/aromatic N) is 1. The van der Waals surface area contributed by atoms with Crippen LogP contribution in [0.25, 0.3) is 21.8 Å². The van der Waals surface area contributed by atoms with Crippen molar-refractivity contribution < 1.29 is 9.59 Å². The SMILES string of the molecule is CC1=C(Nc2c3ccccc3nc3ccccc23)C(=O)c2ccccc2C1=O. The van der Waals surface area contributed by atoms with Crippen molar-refractivity contribution in [2.45, 2.75) is 6.92 Å². The van der Waals surface area contributed by atoms with E-state index in [1.807, 2.05) is 48.5 Å². The lowest BCUT2D eigenvalue weighted by atomic mass is 9.87. The number of para-hydroxylation sites is 2. The molecule has 1 aliphatic carbocycles. The predicted octanol–water partition coefficient (Wildman–Crippen LogP) is 5.15. The molecular weight excluding hydrogens is 348 g/mol. The number of carbonyl (C=O) groups excluding carboxylic acids is 2. The van der Waals surface area contributed by atoms with E-state index in [-0.39, 0.29) is 11.6 Å². The minimum Gasteiger partial charge on any atom is -0.351 e. The average molecular weight is 364 g/mol. The highest BCUT2D eigenvalue weighted by Crippen LogP contribution is 2.34. The first-order chi connectivity index (χ1) is 13.6. The van der Waals surface area contributed by atoms with Gasteiger partial charge in [-0.1, -0.05) is 60.7 Å². The molecule has 4 heteroatoms. The van der Waals surface area contributed by atoms with Crippen molar-refractivity contribution in [1.82, 2.24) is 4.98 Å². The number of allylic oxidation sites excluding steroid dienone is 2. The number of pyridine rings is 1. The Bertz CT molecular complexity index is 1280. The minimum atomic E-state index is -0.169. The topological polar surface area (TPSA) is 59.1 Å². The molecule has 28 heavy (non-hydrogen) atoms. The van der Waals surface area contributed by atoms with E-state index in [0.717, 1.165) is 27.5 Å². The van der Waals surface area contributed by atoms with Gasteiger partial charge in [-0.25, -0.2) is 4.98 Å². The third-order valence-corrected chi connectivity index (χ3v) is 5.20. The third-order valence-electron chi connectivity index (χ3n) is 5.20. The summed E-state index contributed by atoms with van der Waals surface area (Å²) in [6.45, 7) is 1.70. The van der Waals surface area contributed by atoms with Crippen molar-refractivity contribution in [2.24, 2.45) is 0 Å². The van der Waals surface area contributed by atoms with Crippen LogP contribution in [-0.2, 0) is 0 Å². The molecule has 5 rings (SSSR count). The maximum absolute atomic E-state index is 13.2. The van der Waals surface area contributed by atoms with Crippen molar-refractivity contribution in [3.05, 3.63) is 95.2 Å². The number of ketones is 2. The Kier molecular flexibility index (Phi) is 3.59. The lowest BCUT2D eigenvalue weighted by molar-refractivity contribution is 0.0976. The van der Waals surface area contributed by atoms with Gasteiger partial charge in [-0.15, -0.1) is 0 Å². The van der Waals surface area contributed by atoms with Gasteiger partial charge in [-0.2, -0.15) is 0 Å². The highest BCUT2D eigenvalue weighted by molar-refractivity contribution is 6.28. The highest BCUT2D eigenvalue weighted by atomic mass is 16.1. The van der Waals surface area contributed by atoms with Gasteiger partial charge in [0.25, 0.3) is 0 Å². The second-order valence-corrected chi connectivity index (χ2v) is 6.85. The van der Waals surface area contributed by atoms with Crippen molar-refractivity contribution in [3.63, 3.8) is 0 Å². The molecule has 0 aliphatic heterocycles. The molecule has 0 amide bonds. The maximum atomic E-state index is 13.2. The number of fused-ring (bicyclic) bond motifs is 3. The Morgan fingerprint density at radius 3 is 1.79 bits per heavy atom. The van der Waals surface area contributed by atoms with Gasteiger partial charge in [0.15, 0.2) is 5.78 Å². The zero-order valence-electron chi connectivity index (χ0n) is 15.2. The Balaban J connectivity index is 1.75. The molecule has 4 aromatic rings.